The smallest absolute Gasteiger partial charge is 0.258 e. The van der Waals surface area contributed by atoms with Gasteiger partial charge in [0.15, 0.2) is 0 Å². The molecule has 0 aromatic heterocycles. The molecule has 0 atom stereocenters. The topological polar surface area (TPSA) is 82.0 Å². The van der Waals surface area contributed by atoms with Gasteiger partial charge in [-0.3, -0.25) is 9.59 Å². The Morgan fingerprint density at radius 1 is 1.12 bits per heavy atom. The van der Waals surface area contributed by atoms with Gasteiger partial charge in [-0.1, -0.05) is 19.4 Å². The molecule has 0 saturated carbocycles. The van der Waals surface area contributed by atoms with Gasteiger partial charge in [0.25, 0.3) is 5.91 Å². The molecule has 0 saturated heterocycles. The molecule has 0 unspecified atom stereocenters. The average Bonchev–Trinajstić information content (AvgIpc) is 2.60. The number of nitrogens with one attached hydrogen (secondary N) is 2. The monoisotopic (exact) mass is 339 g/mol. The Hall–Kier alpha value is -3.20. The molecule has 0 bridgehead atoms. The molecular weight excluding hydrogens is 321 g/mol. The van der Waals surface area contributed by atoms with Gasteiger partial charge in [0.05, 0.1) is 17.2 Å². The molecule has 0 radical (unpaired) electrons. The van der Waals surface area contributed by atoms with Crippen molar-refractivity contribution in [2.75, 3.05) is 10.6 Å². The number of benzene rings is 2. The lowest BCUT2D eigenvalue weighted by Crippen LogP contribution is -2.15. The summed E-state index contributed by atoms with van der Waals surface area (Å²) in [5.74, 6) is -1.49. The fourth-order valence-electron chi connectivity index (χ4n) is 2.20. The molecule has 2 aromatic rings. The van der Waals surface area contributed by atoms with Crippen molar-refractivity contribution in [3.63, 3.8) is 0 Å². The number of anilines is 2. The Kier molecular flexibility index (Phi) is 6.24. The molecular formula is C19H18FN3O2. The quantitative estimate of drug-likeness (QED) is 0.832. The van der Waals surface area contributed by atoms with Crippen LogP contribution in [0.4, 0.5) is 15.8 Å². The number of nitrogens with zero attached hydrogens (tertiary/aromatic N) is 1. The third-order valence-electron chi connectivity index (χ3n) is 3.50. The molecule has 0 aliphatic heterocycles. The summed E-state index contributed by atoms with van der Waals surface area (Å²) in [6, 6.07) is 12.1. The first kappa shape index (κ1) is 18.1. The van der Waals surface area contributed by atoms with Gasteiger partial charge in [-0.05, 0) is 42.8 Å². The van der Waals surface area contributed by atoms with E-state index in [1.807, 2.05) is 13.0 Å². The van der Waals surface area contributed by atoms with E-state index in [1.54, 1.807) is 24.3 Å². The van der Waals surface area contributed by atoms with Crippen LogP contribution in [0.15, 0.2) is 42.5 Å². The second-order valence-electron chi connectivity index (χ2n) is 5.49. The number of unbranched alkanes of at least 4 members (excludes halogenated alkanes) is 1. The second-order valence-corrected chi connectivity index (χ2v) is 5.49. The molecule has 25 heavy (non-hydrogen) atoms. The molecule has 0 aliphatic carbocycles. The minimum Gasteiger partial charge on any atom is -0.326 e. The van der Waals surface area contributed by atoms with Crippen molar-refractivity contribution < 1.29 is 14.0 Å². The van der Waals surface area contributed by atoms with Gasteiger partial charge in [-0.25, -0.2) is 4.39 Å². The molecule has 0 fully saturated rings. The third kappa shape index (κ3) is 5.15. The van der Waals surface area contributed by atoms with Crippen LogP contribution in [0.1, 0.15) is 42.1 Å². The molecule has 2 rings (SSSR count). The Balaban J connectivity index is 2.07. The van der Waals surface area contributed by atoms with E-state index in [4.69, 9.17) is 5.26 Å². The number of hydrogen-bond acceptors (Lipinski definition) is 3. The highest BCUT2D eigenvalue weighted by Crippen LogP contribution is 2.18. The van der Waals surface area contributed by atoms with E-state index in [2.05, 4.69) is 10.6 Å². The number of amides is 2. The highest BCUT2D eigenvalue weighted by molar-refractivity contribution is 6.05. The van der Waals surface area contributed by atoms with Crippen LogP contribution in [-0.4, -0.2) is 11.8 Å². The third-order valence-corrected chi connectivity index (χ3v) is 3.50. The molecule has 5 nitrogen and oxygen atoms in total. The van der Waals surface area contributed by atoms with Gasteiger partial charge in [0.1, 0.15) is 5.82 Å². The van der Waals surface area contributed by atoms with Crippen molar-refractivity contribution in [2.45, 2.75) is 26.2 Å². The Morgan fingerprint density at radius 3 is 2.48 bits per heavy atom. The van der Waals surface area contributed by atoms with Crippen LogP contribution in [0.25, 0.3) is 0 Å². The normalized spacial score (nSPS) is 9.96. The van der Waals surface area contributed by atoms with Crippen molar-refractivity contribution in [3.05, 3.63) is 59.4 Å². The summed E-state index contributed by atoms with van der Waals surface area (Å²) < 4.78 is 13.9. The maximum Gasteiger partial charge on any atom is 0.258 e. The van der Waals surface area contributed by atoms with Gasteiger partial charge >= 0.3 is 0 Å². The molecule has 2 amide bonds. The largest absolute Gasteiger partial charge is 0.326 e. The number of halogens is 1. The molecule has 2 aromatic carbocycles. The van der Waals surface area contributed by atoms with Crippen molar-refractivity contribution in [3.8, 4) is 6.07 Å². The zero-order valence-electron chi connectivity index (χ0n) is 13.8. The van der Waals surface area contributed by atoms with Gasteiger partial charge in [0, 0.05) is 17.8 Å². The summed E-state index contributed by atoms with van der Waals surface area (Å²) in [7, 11) is 0. The lowest BCUT2D eigenvalue weighted by molar-refractivity contribution is -0.116. The molecule has 6 heteroatoms. The minimum atomic E-state index is -0.763. The first-order chi connectivity index (χ1) is 12.0. The highest BCUT2D eigenvalue weighted by atomic mass is 19.1. The molecule has 128 valence electrons. The van der Waals surface area contributed by atoms with E-state index in [0.717, 1.165) is 18.9 Å². The van der Waals surface area contributed by atoms with Crippen molar-refractivity contribution in [1.82, 2.24) is 0 Å². The first-order valence-corrected chi connectivity index (χ1v) is 7.94. The van der Waals surface area contributed by atoms with E-state index in [-0.39, 0.29) is 17.0 Å². The van der Waals surface area contributed by atoms with Crippen LogP contribution in [0, 0.1) is 17.1 Å². The van der Waals surface area contributed by atoms with Crippen LogP contribution in [-0.2, 0) is 4.79 Å². The fraction of sp³-hybridized carbons (Fsp3) is 0.211. The Bertz CT molecular complexity index is 828. The van der Waals surface area contributed by atoms with Crippen LogP contribution in [0.5, 0.6) is 0 Å². The summed E-state index contributed by atoms with van der Waals surface area (Å²) in [5, 5.41) is 14.1. The maximum atomic E-state index is 13.9. The summed E-state index contributed by atoms with van der Waals surface area (Å²) in [6.07, 6.45) is 2.17. The SMILES string of the molecule is CCCCC(=O)Nc1cccc(NC(=O)c2ccc(C#N)cc2F)c1. The highest BCUT2D eigenvalue weighted by Gasteiger charge is 2.13. The first-order valence-electron chi connectivity index (χ1n) is 7.94. The van der Waals surface area contributed by atoms with E-state index >= 15 is 0 Å². The van der Waals surface area contributed by atoms with E-state index in [9.17, 15) is 14.0 Å². The van der Waals surface area contributed by atoms with Gasteiger partial charge in [-0.15, -0.1) is 0 Å². The fourth-order valence-corrected chi connectivity index (χ4v) is 2.20. The van der Waals surface area contributed by atoms with Crippen molar-refractivity contribution >= 4 is 23.2 Å². The summed E-state index contributed by atoms with van der Waals surface area (Å²) in [5.41, 5.74) is 0.975. The van der Waals surface area contributed by atoms with Crippen LogP contribution < -0.4 is 10.6 Å². The van der Waals surface area contributed by atoms with Gasteiger partial charge in [-0.2, -0.15) is 5.26 Å². The molecule has 0 aliphatic rings. The van der Waals surface area contributed by atoms with Crippen molar-refractivity contribution in [1.29, 1.82) is 5.26 Å². The minimum absolute atomic E-state index is 0.0940. The summed E-state index contributed by atoms with van der Waals surface area (Å²) >= 11 is 0. The van der Waals surface area contributed by atoms with Crippen LogP contribution in [0.2, 0.25) is 0 Å². The van der Waals surface area contributed by atoms with Gasteiger partial charge in [0.2, 0.25) is 5.91 Å². The maximum absolute atomic E-state index is 13.9. The number of carbonyl (C=O) groups is 2. The summed E-state index contributed by atoms with van der Waals surface area (Å²) in [4.78, 5) is 23.9. The van der Waals surface area contributed by atoms with Gasteiger partial charge < -0.3 is 10.6 Å². The van der Waals surface area contributed by atoms with Crippen LogP contribution >= 0.6 is 0 Å². The number of hydrogen-bond donors (Lipinski definition) is 2. The van der Waals surface area contributed by atoms with E-state index in [1.165, 1.54) is 12.1 Å². The predicted molar refractivity (Wildman–Crippen MR) is 93.7 cm³/mol. The second kappa shape index (κ2) is 8.60. The Morgan fingerprint density at radius 2 is 1.84 bits per heavy atom. The number of rotatable bonds is 6. The molecule has 0 heterocycles. The Labute approximate surface area is 145 Å². The zero-order valence-corrected chi connectivity index (χ0v) is 13.8. The standard InChI is InChI=1S/C19H18FN3O2/c1-2-3-7-18(24)22-14-5-4-6-15(11-14)23-19(25)16-9-8-13(12-21)10-17(16)20/h4-6,8-11H,2-3,7H2,1H3,(H,22,24)(H,23,25). The average molecular weight is 339 g/mol. The zero-order chi connectivity index (χ0) is 18.2. The molecule has 2 N–H and O–H groups in total. The number of carbonyl (C=O) groups excluding carboxylic acids is 2. The van der Waals surface area contributed by atoms with E-state index < -0.39 is 11.7 Å². The van der Waals surface area contributed by atoms with E-state index in [0.29, 0.717) is 17.8 Å². The predicted octanol–water partition coefficient (Wildman–Crippen LogP) is 4.08. The summed E-state index contributed by atoms with van der Waals surface area (Å²) in [6.45, 7) is 2.01. The lowest BCUT2D eigenvalue weighted by atomic mass is 10.1. The lowest BCUT2D eigenvalue weighted by Gasteiger charge is -2.09. The molecule has 0 spiro atoms. The number of nitriles is 1. The van der Waals surface area contributed by atoms with Crippen LogP contribution in [0.3, 0.4) is 0 Å². The van der Waals surface area contributed by atoms with Crippen molar-refractivity contribution in [2.24, 2.45) is 0 Å².